The maximum atomic E-state index is 9.24. The van der Waals surface area contributed by atoms with Crippen LogP contribution in [0, 0.1) is 17.2 Å². The van der Waals surface area contributed by atoms with Crippen molar-refractivity contribution in [2.45, 2.75) is 38.4 Å². The summed E-state index contributed by atoms with van der Waals surface area (Å²) in [5.41, 5.74) is 1.59. The zero-order chi connectivity index (χ0) is 13.2. The quantitative estimate of drug-likeness (QED) is 0.733. The molecule has 1 aliphatic heterocycles. The molecule has 18 heavy (non-hydrogen) atoms. The van der Waals surface area contributed by atoms with Gasteiger partial charge in [0.15, 0.2) is 5.60 Å². The number of nitrogens with zero attached hydrogens (tertiary/aromatic N) is 1. The lowest BCUT2D eigenvalue weighted by Crippen LogP contribution is -2.37. The fraction of sp³-hybridized carbons (Fsp3) is 0.438. The Hall–Kier alpha value is -1.59. The third-order valence-corrected chi connectivity index (χ3v) is 3.68. The van der Waals surface area contributed by atoms with Crippen molar-refractivity contribution in [3.05, 3.63) is 48.0 Å². The second kappa shape index (κ2) is 4.96. The molecule has 0 radical (unpaired) electrons. The number of rotatable bonds is 2. The normalized spacial score (nSPS) is 31.6. The minimum atomic E-state index is -0.674. The van der Waals surface area contributed by atoms with Crippen molar-refractivity contribution in [1.82, 2.24) is 0 Å². The summed E-state index contributed by atoms with van der Waals surface area (Å²) in [7, 11) is 0. The highest BCUT2D eigenvalue weighted by molar-refractivity contribution is 5.23. The van der Waals surface area contributed by atoms with Crippen molar-refractivity contribution < 1.29 is 4.74 Å². The van der Waals surface area contributed by atoms with Gasteiger partial charge in [0.25, 0.3) is 0 Å². The summed E-state index contributed by atoms with van der Waals surface area (Å²) in [5, 5.41) is 9.24. The first kappa shape index (κ1) is 12.9. The van der Waals surface area contributed by atoms with Gasteiger partial charge >= 0.3 is 0 Å². The van der Waals surface area contributed by atoms with E-state index >= 15 is 0 Å². The maximum Gasteiger partial charge on any atom is 0.152 e. The molecule has 0 amide bonds. The smallest absolute Gasteiger partial charge is 0.152 e. The van der Waals surface area contributed by atoms with Crippen LogP contribution in [0.4, 0.5) is 0 Å². The fourth-order valence-electron chi connectivity index (χ4n) is 2.53. The van der Waals surface area contributed by atoms with Gasteiger partial charge in [-0.15, -0.1) is 0 Å². The Morgan fingerprint density at radius 2 is 2.11 bits per heavy atom. The van der Waals surface area contributed by atoms with Gasteiger partial charge in [-0.3, -0.25) is 0 Å². The number of nitriles is 1. The number of hydrogen-bond acceptors (Lipinski definition) is 2. The SMILES string of the molecule is C=C(C)[C@H]1CC[C@@](C)(C#N)O[C@@H]1c1ccccc1. The number of benzene rings is 1. The molecule has 0 aliphatic carbocycles. The van der Waals surface area contributed by atoms with Gasteiger partial charge in [0, 0.05) is 5.92 Å². The van der Waals surface area contributed by atoms with Crippen LogP contribution in [-0.2, 0) is 4.74 Å². The van der Waals surface area contributed by atoms with E-state index in [1.807, 2.05) is 32.0 Å². The number of hydrogen-bond donors (Lipinski definition) is 0. The first-order valence-electron chi connectivity index (χ1n) is 6.35. The summed E-state index contributed by atoms with van der Waals surface area (Å²) >= 11 is 0. The van der Waals surface area contributed by atoms with E-state index in [1.54, 1.807) is 0 Å². The van der Waals surface area contributed by atoms with Gasteiger partial charge in [0.05, 0.1) is 12.2 Å². The molecule has 0 unspecified atom stereocenters. The Bertz CT molecular complexity index is 474. The van der Waals surface area contributed by atoms with Crippen molar-refractivity contribution in [2.75, 3.05) is 0 Å². The summed E-state index contributed by atoms with van der Waals surface area (Å²) in [5.74, 6) is 0.300. The van der Waals surface area contributed by atoms with Crippen LogP contribution in [-0.4, -0.2) is 5.60 Å². The Labute approximate surface area is 109 Å². The molecule has 0 aromatic heterocycles. The van der Waals surface area contributed by atoms with E-state index in [2.05, 4.69) is 24.8 Å². The summed E-state index contributed by atoms with van der Waals surface area (Å²) < 4.78 is 6.06. The van der Waals surface area contributed by atoms with Crippen LogP contribution in [0.25, 0.3) is 0 Å². The standard InChI is InChI=1S/C16H19NO/c1-12(2)14-9-10-16(3,11-17)18-15(14)13-7-5-4-6-8-13/h4-8,14-15H,1,9-10H2,2-3H3/t14-,15-,16+/m1/s1. The van der Waals surface area contributed by atoms with Crippen LogP contribution in [0.2, 0.25) is 0 Å². The van der Waals surface area contributed by atoms with E-state index in [-0.39, 0.29) is 6.10 Å². The van der Waals surface area contributed by atoms with Gasteiger partial charge in [0.1, 0.15) is 0 Å². The van der Waals surface area contributed by atoms with E-state index in [1.165, 1.54) is 0 Å². The minimum absolute atomic E-state index is 0.0536. The van der Waals surface area contributed by atoms with Crippen LogP contribution in [0.1, 0.15) is 38.4 Å². The molecule has 1 aliphatic rings. The summed E-state index contributed by atoms with van der Waals surface area (Å²) in [6, 6.07) is 12.4. The summed E-state index contributed by atoms with van der Waals surface area (Å²) in [6.45, 7) is 7.98. The van der Waals surface area contributed by atoms with Gasteiger partial charge in [-0.25, -0.2) is 0 Å². The maximum absolute atomic E-state index is 9.24. The Morgan fingerprint density at radius 3 is 2.67 bits per heavy atom. The average molecular weight is 241 g/mol. The van der Waals surface area contributed by atoms with Crippen LogP contribution in [0.15, 0.2) is 42.5 Å². The fourth-order valence-corrected chi connectivity index (χ4v) is 2.53. The van der Waals surface area contributed by atoms with E-state index in [4.69, 9.17) is 4.74 Å². The molecule has 1 aromatic rings. The van der Waals surface area contributed by atoms with E-state index in [9.17, 15) is 5.26 Å². The molecule has 0 N–H and O–H groups in total. The van der Waals surface area contributed by atoms with Crippen LogP contribution in [0.5, 0.6) is 0 Å². The molecule has 0 spiro atoms. The molecule has 0 saturated carbocycles. The molecule has 2 rings (SSSR count). The molecule has 2 nitrogen and oxygen atoms in total. The summed E-state index contributed by atoms with van der Waals surface area (Å²) in [6.07, 6.45) is 1.67. The third-order valence-electron chi connectivity index (χ3n) is 3.68. The van der Waals surface area contributed by atoms with E-state index < -0.39 is 5.60 Å². The zero-order valence-electron chi connectivity index (χ0n) is 11.0. The molecule has 1 saturated heterocycles. The number of ether oxygens (including phenoxy) is 1. The minimum Gasteiger partial charge on any atom is -0.352 e. The van der Waals surface area contributed by atoms with Gasteiger partial charge in [-0.1, -0.05) is 42.5 Å². The molecule has 1 fully saturated rings. The van der Waals surface area contributed by atoms with Crippen molar-refractivity contribution in [3.63, 3.8) is 0 Å². The molecule has 3 atom stereocenters. The van der Waals surface area contributed by atoms with E-state index in [0.717, 1.165) is 24.0 Å². The first-order valence-corrected chi connectivity index (χ1v) is 6.35. The van der Waals surface area contributed by atoms with Gasteiger partial charge < -0.3 is 4.74 Å². The highest BCUT2D eigenvalue weighted by atomic mass is 16.5. The lowest BCUT2D eigenvalue weighted by atomic mass is 9.80. The largest absolute Gasteiger partial charge is 0.352 e. The molecule has 1 aromatic carbocycles. The predicted molar refractivity (Wildman–Crippen MR) is 71.8 cm³/mol. The first-order chi connectivity index (χ1) is 8.56. The highest BCUT2D eigenvalue weighted by Crippen LogP contribution is 2.43. The van der Waals surface area contributed by atoms with Gasteiger partial charge in [-0.2, -0.15) is 5.26 Å². The lowest BCUT2D eigenvalue weighted by Gasteiger charge is -2.40. The predicted octanol–water partition coefficient (Wildman–Crippen LogP) is 4.01. The second-order valence-corrected chi connectivity index (χ2v) is 5.28. The summed E-state index contributed by atoms with van der Waals surface area (Å²) in [4.78, 5) is 0. The van der Waals surface area contributed by atoms with Crippen molar-refractivity contribution in [1.29, 1.82) is 5.26 Å². The molecule has 94 valence electrons. The molecular formula is C16H19NO. The highest BCUT2D eigenvalue weighted by Gasteiger charge is 2.39. The topological polar surface area (TPSA) is 33.0 Å². The Balaban J connectivity index is 2.32. The van der Waals surface area contributed by atoms with Crippen LogP contribution < -0.4 is 0 Å². The van der Waals surface area contributed by atoms with Crippen LogP contribution in [0.3, 0.4) is 0 Å². The zero-order valence-corrected chi connectivity index (χ0v) is 11.0. The lowest BCUT2D eigenvalue weighted by molar-refractivity contribution is -0.108. The second-order valence-electron chi connectivity index (χ2n) is 5.28. The Kier molecular flexibility index (Phi) is 3.54. The Morgan fingerprint density at radius 1 is 1.44 bits per heavy atom. The van der Waals surface area contributed by atoms with Gasteiger partial charge in [-0.05, 0) is 32.3 Å². The molecule has 0 bridgehead atoms. The molecular weight excluding hydrogens is 222 g/mol. The van der Waals surface area contributed by atoms with Crippen molar-refractivity contribution in [3.8, 4) is 6.07 Å². The third kappa shape index (κ3) is 2.47. The molecule has 2 heteroatoms. The van der Waals surface area contributed by atoms with Gasteiger partial charge in [0.2, 0.25) is 0 Å². The van der Waals surface area contributed by atoms with E-state index in [0.29, 0.717) is 5.92 Å². The molecule has 1 heterocycles. The van der Waals surface area contributed by atoms with Crippen LogP contribution >= 0.6 is 0 Å². The van der Waals surface area contributed by atoms with Crippen molar-refractivity contribution in [2.24, 2.45) is 5.92 Å². The van der Waals surface area contributed by atoms with Crippen molar-refractivity contribution >= 4 is 0 Å². The monoisotopic (exact) mass is 241 g/mol. The average Bonchev–Trinajstić information content (AvgIpc) is 2.39.